The number of methoxy groups -OCH3 is 3. The fourth-order valence-electron chi connectivity index (χ4n) is 6.61. The summed E-state index contributed by atoms with van der Waals surface area (Å²) in [7, 11) is 4.19. The Labute approximate surface area is 280 Å². The number of carbonyl (C=O) groups excluding carboxylic acids is 3. The Bertz CT molecular complexity index is 2030. The van der Waals surface area contributed by atoms with Gasteiger partial charge in [0.2, 0.25) is 0 Å². The van der Waals surface area contributed by atoms with Gasteiger partial charge in [0.15, 0.2) is 0 Å². The number of aromatic amines is 2. The molecule has 0 saturated heterocycles. The SMILES string of the molecule is CCc1c(C)c2cc3[nH]c(cc4nc(cc5nc(cc1[nH]2)C(CCC(=O)OC)=C5C)C(CCC(=O)OC)=C4C)c(CCC(=O)OC)c3C. The zero-order valence-corrected chi connectivity index (χ0v) is 29.1. The van der Waals surface area contributed by atoms with E-state index in [2.05, 4.69) is 42.9 Å². The summed E-state index contributed by atoms with van der Waals surface area (Å²) >= 11 is 0. The van der Waals surface area contributed by atoms with Gasteiger partial charge in [-0.15, -0.1) is 0 Å². The van der Waals surface area contributed by atoms with Crippen LogP contribution in [0.4, 0.5) is 0 Å². The van der Waals surface area contributed by atoms with Gasteiger partial charge in [-0.25, -0.2) is 9.97 Å². The fourth-order valence-corrected chi connectivity index (χ4v) is 6.61. The van der Waals surface area contributed by atoms with Crippen LogP contribution in [0.3, 0.4) is 0 Å². The van der Waals surface area contributed by atoms with Gasteiger partial charge in [0.05, 0.1) is 44.1 Å². The minimum absolute atomic E-state index is 0.208. The van der Waals surface area contributed by atoms with Crippen molar-refractivity contribution in [3.63, 3.8) is 0 Å². The van der Waals surface area contributed by atoms with Crippen molar-refractivity contribution < 1.29 is 28.6 Å². The number of esters is 3. The van der Waals surface area contributed by atoms with E-state index in [0.29, 0.717) is 19.3 Å². The highest BCUT2D eigenvalue weighted by molar-refractivity contribution is 5.96. The van der Waals surface area contributed by atoms with Gasteiger partial charge in [-0.2, -0.15) is 0 Å². The molecule has 8 bridgehead atoms. The molecule has 48 heavy (non-hydrogen) atoms. The van der Waals surface area contributed by atoms with Crippen LogP contribution in [0.2, 0.25) is 0 Å². The van der Waals surface area contributed by atoms with Gasteiger partial charge < -0.3 is 24.2 Å². The maximum absolute atomic E-state index is 12.2. The van der Waals surface area contributed by atoms with Crippen molar-refractivity contribution >= 4 is 62.3 Å². The highest BCUT2D eigenvalue weighted by atomic mass is 16.5. The third kappa shape index (κ3) is 6.83. The van der Waals surface area contributed by atoms with Gasteiger partial charge in [0, 0.05) is 41.3 Å². The number of aromatic nitrogens is 4. The zero-order valence-electron chi connectivity index (χ0n) is 29.1. The van der Waals surface area contributed by atoms with Crippen LogP contribution >= 0.6 is 0 Å². The zero-order chi connectivity index (χ0) is 34.7. The van der Waals surface area contributed by atoms with E-state index in [-0.39, 0.29) is 37.2 Å². The maximum Gasteiger partial charge on any atom is 0.305 e. The molecule has 0 unspecified atom stereocenters. The lowest BCUT2D eigenvalue weighted by molar-refractivity contribution is -0.141. The summed E-state index contributed by atoms with van der Waals surface area (Å²) in [4.78, 5) is 54.1. The average molecular weight is 653 g/mol. The normalized spacial score (nSPS) is 12.8. The monoisotopic (exact) mass is 652 g/mol. The first-order valence-electron chi connectivity index (χ1n) is 16.3. The van der Waals surface area contributed by atoms with Gasteiger partial charge in [0.25, 0.3) is 0 Å². The van der Waals surface area contributed by atoms with Crippen molar-refractivity contribution in [1.29, 1.82) is 0 Å². The van der Waals surface area contributed by atoms with Crippen LogP contribution in [0.1, 0.15) is 97.9 Å². The lowest BCUT2D eigenvalue weighted by atomic mass is 9.98. The minimum Gasteiger partial charge on any atom is -0.469 e. The van der Waals surface area contributed by atoms with Gasteiger partial charge in [-0.3, -0.25) is 14.4 Å². The molecule has 3 aromatic heterocycles. The second kappa shape index (κ2) is 14.4. The molecule has 10 heteroatoms. The molecule has 5 heterocycles. The van der Waals surface area contributed by atoms with E-state index in [1.165, 1.54) is 26.9 Å². The average Bonchev–Trinajstić information content (AvgIpc) is 3.74. The van der Waals surface area contributed by atoms with E-state index < -0.39 is 0 Å². The number of fused-ring (bicyclic) bond motifs is 8. The first-order chi connectivity index (χ1) is 23.0. The van der Waals surface area contributed by atoms with E-state index in [1.54, 1.807) is 0 Å². The predicted molar refractivity (Wildman–Crippen MR) is 188 cm³/mol. The number of ether oxygens (including phenoxy) is 3. The summed E-state index contributed by atoms with van der Waals surface area (Å²) in [5.41, 5.74) is 14.9. The smallest absolute Gasteiger partial charge is 0.305 e. The summed E-state index contributed by atoms with van der Waals surface area (Å²) in [5.74, 6) is -0.851. The number of nitrogens with one attached hydrogen (secondary N) is 2. The lowest BCUT2D eigenvalue weighted by Gasteiger charge is -2.05. The Hall–Kier alpha value is -4.99. The van der Waals surface area contributed by atoms with E-state index in [4.69, 9.17) is 24.2 Å². The van der Waals surface area contributed by atoms with Crippen LogP contribution in [0.25, 0.3) is 44.4 Å². The summed E-state index contributed by atoms with van der Waals surface area (Å²) in [6, 6.07) is 8.18. The van der Waals surface area contributed by atoms with Gasteiger partial charge >= 0.3 is 17.9 Å². The second-order valence-electron chi connectivity index (χ2n) is 12.2. The quantitative estimate of drug-likeness (QED) is 0.171. The molecule has 2 N–H and O–H groups in total. The number of rotatable bonds is 10. The van der Waals surface area contributed by atoms with E-state index in [0.717, 1.165) is 90.2 Å². The van der Waals surface area contributed by atoms with E-state index >= 15 is 0 Å². The van der Waals surface area contributed by atoms with Gasteiger partial charge in [-0.05, 0) is 122 Å². The van der Waals surface area contributed by atoms with Crippen LogP contribution in [0.5, 0.6) is 0 Å². The number of allylic oxidation sites excluding steroid dienone is 4. The first-order valence-corrected chi connectivity index (χ1v) is 16.3. The number of H-pyrrole nitrogens is 2. The Kier molecular flexibility index (Phi) is 10.3. The molecule has 10 nitrogen and oxygen atoms in total. The van der Waals surface area contributed by atoms with Crippen molar-refractivity contribution in [2.45, 2.75) is 79.6 Å². The largest absolute Gasteiger partial charge is 0.469 e. The minimum atomic E-state index is -0.299. The molecule has 0 amide bonds. The molecule has 2 aliphatic heterocycles. The molecule has 5 rings (SSSR count). The highest BCUT2D eigenvalue weighted by Gasteiger charge is 2.23. The maximum atomic E-state index is 12.2. The number of carbonyl (C=O) groups is 3. The van der Waals surface area contributed by atoms with Gasteiger partial charge in [0.1, 0.15) is 0 Å². The Morgan fingerprint density at radius 3 is 1.48 bits per heavy atom. The molecule has 2 aliphatic rings. The Morgan fingerprint density at radius 1 is 0.562 bits per heavy atom. The molecular formula is C38H44N4O6. The molecule has 252 valence electrons. The van der Waals surface area contributed by atoms with E-state index in [1.807, 2.05) is 26.0 Å². The standard InChI is InChI=1S/C38H44N4O6/c1-9-24-20(2)28-16-29-21(3)25(10-13-36(43)46-6)33(40-29)17-30-22(4)26(11-14-37(44)47-7)34(41-30)18-31-23(5)27(12-15-38(45)48-8)35(42-31)19-32(24)39-28/h16-19,39-40H,9-15H2,1-8H3. The van der Waals surface area contributed by atoms with Crippen LogP contribution in [-0.4, -0.2) is 59.2 Å². The van der Waals surface area contributed by atoms with E-state index in [9.17, 15) is 14.4 Å². The predicted octanol–water partition coefficient (Wildman–Crippen LogP) is 7.37. The molecule has 3 aromatic rings. The molecule has 0 radical (unpaired) electrons. The fraction of sp³-hybridized carbons (Fsp3) is 0.395. The first kappa shape index (κ1) is 34.3. The number of hydrogen-bond donors (Lipinski definition) is 2. The van der Waals surface area contributed by atoms with Crippen LogP contribution in [-0.2, 0) is 41.4 Å². The Balaban J connectivity index is 1.87. The van der Waals surface area contributed by atoms with Crippen molar-refractivity contribution in [2.24, 2.45) is 0 Å². The summed E-state index contributed by atoms with van der Waals surface area (Å²) in [6.45, 7) is 10.3. The second-order valence-corrected chi connectivity index (χ2v) is 12.2. The molecule has 0 aliphatic carbocycles. The van der Waals surface area contributed by atoms with Crippen molar-refractivity contribution in [3.8, 4) is 0 Å². The highest BCUT2D eigenvalue weighted by Crippen LogP contribution is 2.38. The number of hydrogen-bond acceptors (Lipinski definition) is 8. The lowest BCUT2D eigenvalue weighted by Crippen LogP contribution is -2.02. The van der Waals surface area contributed by atoms with Crippen molar-refractivity contribution in [1.82, 2.24) is 19.9 Å². The topological polar surface area (TPSA) is 136 Å². The third-order valence-corrected chi connectivity index (χ3v) is 9.57. The van der Waals surface area contributed by atoms with Crippen LogP contribution < -0.4 is 0 Å². The van der Waals surface area contributed by atoms with Crippen LogP contribution in [0, 0.1) is 13.8 Å². The molecule has 0 fully saturated rings. The molecule has 0 saturated carbocycles. The Morgan fingerprint density at radius 2 is 0.979 bits per heavy atom. The summed E-state index contributed by atoms with van der Waals surface area (Å²) in [6.07, 6.45) is 2.92. The third-order valence-electron chi connectivity index (χ3n) is 9.57. The van der Waals surface area contributed by atoms with Crippen LogP contribution in [0.15, 0.2) is 24.3 Å². The molecule has 0 aromatic carbocycles. The number of aryl methyl sites for hydroxylation is 4. The number of nitrogens with zero attached hydrogens (tertiary/aromatic N) is 2. The molecule has 0 atom stereocenters. The molecular weight excluding hydrogens is 608 g/mol. The summed E-state index contributed by atoms with van der Waals surface area (Å²) in [5, 5.41) is 0. The van der Waals surface area contributed by atoms with Crippen molar-refractivity contribution in [3.05, 3.63) is 69.3 Å². The van der Waals surface area contributed by atoms with Gasteiger partial charge in [-0.1, -0.05) is 6.92 Å². The molecule has 0 spiro atoms. The van der Waals surface area contributed by atoms with Crippen molar-refractivity contribution in [2.75, 3.05) is 21.3 Å². The summed E-state index contributed by atoms with van der Waals surface area (Å²) < 4.78 is 14.9.